The van der Waals surface area contributed by atoms with Gasteiger partial charge in [-0.05, 0) is 17.7 Å². The molecule has 1 aromatic heterocycles. The summed E-state index contributed by atoms with van der Waals surface area (Å²) in [6, 6.07) is 18.0. The van der Waals surface area contributed by atoms with Crippen LogP contribution in [0.15, 0.2) is 60.1 Å². The number of nitrogens with zero attached hydrogens (tertiary/aromatic N) is 1. The second-order valence-corrected chi connectivity index (χ2v) is 6.22. The second kappa shape index (κ2) is 6.00. The largest absolute Gasteiger partial charge is 0.244 e. The van der Waals surface area contributed by atoms with Gasteiger partial charge >= 0.3 is 0 Å². The van der Waals surface area contributed by atoms with Crippen LogP contribution < -0.4 is 0 Å². The van der Waals surface area contributed by atoms with Gasteiger partial charge in [-0.15, -0.1) is 11.3 Å². The smallest absolute Gasteiger partial charge is 0.0858 e. The van der Waals surface area contributed by atoms with Crippen molar-refractivity contribution in [2.24, 2.45) is 0 Å². The lowest BCUT2D eigenvalue weighted by molar-refractivity contribution is 1.19. The molecule has 100 valence electrons. The molecule has 0 saturated heterocycles. The van der Waals surface area contributed by atoms with E-state index in [1.54, 1.807) is 11.3 Å². The van der Waals surface area contributed by atoms with Gasteiger partial charge in [-0.3, -0.25) is 0 Å². The Kier molecular flexibility index (Phi) is 4.10. The van der Waals surface area contributed by atoms with Gasteiger partial charge in [0.2, 0.25) is 0 Å². The van der Waals surface area contributed by atoms with Crippen molar-refractivity contribution < 1.29 is 0 Å². The van der Waals surface area contributed by atoms with Gasteiger partial charge in [-0.1, -0.05) is 54.1 Å². The Labute approximate surface area is 132 Å². The van der Waals surface area contributed by atoms with E-state index in [2.05, 4.69) is 17.1 Å². The highest BCUT2D eigenvalue weighted by Crippen LogP contribution is 2.37. The summed E-state index contributed by atoms with van der Waals surface area (Å²) in [6.45, 7) is 0. The molecule has 3 aromatic rings. The minimum absolute atomic E-state index is 0.0365. The Morgan fingerprint density at radius 3 is 2.40 bits per heavy atom. The fraction of sp³-hybridized carbons (Fsp3) is 0.0625. The highest BCUT2D eigenvalue weighted by Gasteiger charge is 2.17. The van der Waals surface area contributed by atoms with Gasteiger partial charge in [-0.2, -0.15) is 12.6 Å². The molecule has 3 rings (SSSR count). The van der Waals surface area contributed by atoms with Crippen molar-refractivity contribution in [1.29, 1.82) is 0 Å². The number of thiazole rings is 1. The molecular weight excluding hydrogens is 306 g/mol. The molecule has 20 heavy (non-hydrogen) atoms. The number of benzene rings is 2. The zero-order chi connectivity index (χ0) is 13.9. The van der Waals surface area contributed by atoms with Gasteiger partial charge in [0, 0.05) is 15.5 Å². The molecule has 1 nitrogen and oxygen atoms in total. The predicted molar refractivity (Wildman–Crippen MR) is 89.8 cm³/mol. The average molecular weight is 318 g/mol. The highest BCUT2D eigenvalue weighted by molar-refractivity contribution is 7.81. The molecule has 2 aromatic carbocycles. The number of hydrogen-bond acceptors (Lipinski definition) is 3. The van der Waals surface area contributed by atoms with Gasteiger partial charge in [0.25, 0.3) is 0 Å². The Morgan fingerprint density at radius 2 is 1.70 bits per heavy atom. The fourth-order valence-corrected chi connectivity index (χ4v) is 3.48. The van der Waals surface area contributed by atoms with E-state index in [-0.39, 0.29) is 5.25 Å². The number of rotatable bonds is 3. The molecule has 0 bridgehead atoms. The summed E-state index contributed by atoms with van der Waals surface area (Å²) < 4.78 is 0. The molecule has 0 aliphatic heterocycles. The van der Waals surface area contributed by atoms with E-state index in [4.69, 9.17) is 24.2 Å². The molecule has 0 aliphatic rings. The SMILES string of the molecule is SC(c1ccccc1)c1scnc1-c1ccc(Cl)cc1. The van der Waals surface area contributed by atoms with Crippen LogP contribution >= 0.6 is 35.6 Å². The van der Waals surface area contributed by atoms with E-state index in [1.807, 2.05) is 48.0 Å². The third-order valence-electron chi connectivity index (χ3n) is 3.08. The molecule has 1 atom stereocenters. The number of hydrogen-bond donors (Lipinski definition) is 1. The van der Waals surface area contributed by atoms with E-state index in [1.165, 1.54) is 5.56 Å². The molecule has 0 spiro atoms. The highest BCUT2D eigenvalue weighted by atomic mass is 35.5. The molecule has 0 amide bonds. The summed E-state index contributed by atoms with van der Waals surface area (Å²) in [7, 11) is 0. The zero-order valence-electron chi connectivity index (χ0n) is 10.5. The molecular formula is C16H12ClNS2. The van der Waals surface area contributed by atoms with Crippen LogP contribution in [-0.4, -0.2) is 4.98 Å². The van der Waals surface area contributed by atoms with Crippen molar-refractivity contribution in [3.63, 3.8) is 0 Å². The van der Waals surface area contributed by atoms with Gasteiger partial charge < -0.3 is 0 Å². The lowest BCUT2D eigenvalue weighted by Gasteiger charge is -2.11. The minimum Gasteiger partial charge on any atom is -0.244 e. The summed E-state index contributed by atoms with van der Waals surface area (Å²) in [5.74, 6) is 0. The molecule has 1 unspecified atom stereocenters. The Bertz CT molecular complexity index is 692. The minimum atomic E-state index is 0.0365. The molecule has 4 heteroatoms. The van der Waals surface area contributed by atoms with Crippen LogP contribution in [0.5, 0.6) is 0 Å². The van der Waals surface area contributed by atoms with Crippen molar-refractivity contribution >= 4 is 35.6 Å². The van der Waals surface area contributed by atoms with E-state index >= 15 is 0 Å². The van der Waals surface area contributed by atoms with Gasteiger partial charge in [-0.25, -0.2) is 4.98 Å². The van der Waals surface area contributed by atoms with Crippen molar-refractivity contribution in [2.45, 2.75) is 5.25 Å². The monoisotopic (exact) mass is 317 g/mol. The lowest BCUT2D eigenvalue weighted by Crippen LogP contribution is -1.93. The Hall–Kier alpha value is -1.29. The summed E-state index contributed by atoms with van der Waals surface area (Å²) in [4.78, 5) is 5.64. The lowest BCUT2D eigenvalue weighted by atomic mass is 10.1. The third kappa shape index (κ3) is 2.75. The molecule has 0 saturated carbocycles. The van der Waals surface area contributed by atoms with E-state index in [0.29, 0.717) is 0 Å². The number of aromatic nitrogens is 1. The van der Waals surface area contributed by atoms with Crippen LogP contribution in [0, 0.1) is 0 Å². The maximum Gasteiger partial charge on any atom is 0.0858 e. The quantitative estimate of drug-likeness (QED) is 0.631. The van der Waals surface area contributed by atoms with E-state index < -0.39 is 0 Å². The zero-order valence-corrected chi connectivity index (χ0v) is 13.0. The van der Waals surface area contributed by atoms with E-state index in [0.717, 1.165) is 21.2 Å². The van der Waals surface area contributed by atoms with Crippen molar-refractivity contribution in [3.8, 4) is 11.3 Å². The van der Waals surface area contributed by atoms with Crippen LogP contribution in [0.3, 0.4) is 0 Å². The van der Waals surface area contributed by atoms with Gasteiger partial charge in [0.05, 0.1) is 16.5 Å². The average Bonchev–Trinajstić information content (AvgIpc) is 2.97. The second-order valence-electron chi connectivity index (χ2n) is 4.39. The Morgan fingerprint density at radius 1 is 1.00 bits per heavy atom. The van der Waals surface area contributed by atoms with Crippen molar-refractivity contribution in [2.75, 3.05) is 0 Å². The van der Waals surface area contributed by atoms with E-state index in [9.17, 15) is 0 Å². The Balaban J connectivity index is 2.00. The van der Waals surface area contributed by atoms with Crippen LogP contribution in [0.25, 0.3) is 11.3 Å². The first-order valence-corrected chi connectivity index (χ1v) is 7.95. The third-order valence-corrected chi connectivity index (χ3v) is 4.95. The molecule has 0 fully saturated rings. The normalized spacial score (nSPS) is 12.3. The first-order chi connectivity index (χ1) is 9.75. The molecule has 0 aliphatic carbocycles. The van der Waals surface area contributed by atoms with Crippen LogP contribution in [-0.2, 0) is 0 Å². The van der Waals surface area contributed by atoms with Crippen LogP contribution in [0.2, 0.25) is 5.02 Å². The fourth-order valence-electron chi connectivity index (χ4n) is 2.06. The first-order valence-electron chi connectivity index (χ1n) is 6.18. The van der Waals surface area contributed by atoms with Gasteiger partial charge in [0.1, 0.15) is 0 Å². The maximum atomic E-state index is 5.94. The first kappa shape index (κ1) is 13.7. The topological polar surface area (TPSA) is 12.9 Å². The summed E-state index contributed by atoms with van der Waals surface area (Å²) in [5.41, 5.74) is 5.09. The molecule has 0 N–H and O–H groups in total. The summed E-state index contributed by atoms with van der Waals surface area (Å²) >= 11 is 12.3. The summed E-state index contributed by atoms with van der Waals surface area (Å²) in [5, 5.41) is 0.769. The molecule has 0 radical (unpaired) electrons. The van der Waals surface area contributed by atoms with Gasteiger partial charge in [0.15, 0.2) is 0 Å². The number of halogens is 1. The van der Waals surface area contributed by atoms with Crippen LogP contribution in [0.4, 0.5) is 0 Å². The maximum absolute atomic E-state index is 5.94. The van der Waals surface area contributed by atoms with Crippen molar-refractivity contribution in [1.82, 2.24) is 4.98 Å². The van der Waals surface area contributed by atoms with Crippen LogP contribution in [0.1, 0.15) is 15.7 Å². The van der Waals surface area contributed by atoms with Crippen molar-refractivity contribution in [3.05, 3.63) is 75.6 Å². The standard InChI is InChI=1S/C16H12ClNS2/c17-13-8-6-11(7-9-13)14-16(20-10-18-14)15(19)12-4-2-1-3-5-12/h1-10,15,19H. The molecule has 1 heterocycles. The number of thiol groups is 1. The predicted octanol–water partition coefficient (Wildman–Crippen LogP) is 5.48. The summed E-state index contributed by atoms with van der Waals surface area (Å²) in [6.07, 6.45) is 0.